The second-order valence-corrected chi connectivity index (χ2v) is 14.8. The summed E-state index contributed by atoms with van der Waals surface area (Å²) in [6.07, 6.45) is 4.86. The Kier molecular flexibility index (Phi) is 11.8. The van der Waals surface area contributed by atoms with Crippen LogP contribution in [0.2, 0.25) is 10.0 Å². The van der Waals surface area contributed by atoms with Crippen molar-refractivity contribution in [3.63, 3.8) is 0 Å². The summed E-state index contributed by atoms with van der Waals surface area (Å²) in [5.74, 6) is -1.62. The van der Waals surface area contributed by atoms with Crippen molar-refractivity contribution in [2.75, 3.05) is 10.8 Å². The van der Waals surface area contributed by atoms with Gasteiger partial charge in [0, 0.05) is 24.6 Å². The molecule has 5 rings (SSSR count). The highest BCUT2D eigenvalue weighted by molar-refractivity contribution is 7.92. The third-order valence-electron chi connectivity index (χ3n) is 8.60. The van der Waals surface area contributed by atoms with Gasteiger partial charge < -0.3 is 10.2 Å². The molecule has 7 nitrogen and oxygen atoms in total. The predicted octanol–water partition coefficient (Wildman–Crippen LogP) is 7.73. The molecule has 0 spiro atoms. The second kappa shape index (κ2) is 16.0. The van der Waals surface area contributed by atoms with E-state index in [1.54, 1.807) is 30.3 Å². The van der Waals surface area contributed by atoms with Crippen LogP contribution < -0.4 is 9.62 Å². The molecular formula is C37H38Cl2FN3O4S. The first-order chi connectivity index (χ1) is 23.0. The summed E-state index contributed by atoms with van der Waals surface area (Å²) in [5.41, 5.74) is 1.95. The molecule has 48 heavy (non-hydrogen) atoms. The lowest BCUT2D eigenvalue weighted by atomic mass is 9.94. The van der Waals surface area contributed by atoms with Crippen molar-refractivity contribution >= 4 is 50.7 Å². The molecule has 1 aliphatic rings. The van der Waals surface area contributed by atoms with Crippen molar-refractivity contribution in [3.8, 4) is 0 Å². The summed E-state index contributed by atoms with van der Waals surface area (Å²) in [6, 6.07) is 24.7. The number of amides is 2. The van der Waals surface area contributed by atoms with Gasteiger partial charge in [0.15, 0.2) is 0 Å². The van der Waals surface area contributed by atoms with Crippen LogP contribution in [0, 0.1) is 12.7 Å². The lowest BCUT2D eigenvalue weighted by Gasteiger charge is -2.35. The van der Waals surface area contributed by atoms with Gasteiger partial charge >= 0.3 is 0 Å². The Morgan fingerprint density at radius 3 is 2.21 bits per heavy atom. The minimum absolute atomic E-state index is 0.0384. The Morgan fingerprint density at radius 2 is 1.54 bits per heavy atom. The Bertz CT molecular complexity index is 1840. The van der Waals surface area contributed by atoms with E-state index in [1.807, 2.05) is 37.3 Å². The molecule has 0 bridgehead atoms. The second-order valence-electron chi connectivity index (χ2n) is 12.1. The monoisotopic (exact) mass is 709 g/mol. The van der Waals surface area contributed by atoms with E-state index in [9.17, 15) is 18.0 Å². The van der Waals surface area contributed by atoms with Crippen molar-refractivity contribution in [2.24, 2.45) is 0 Å². The summed E-state index contributed by atoms with van der Waals surface area (Å²) < 4.78 is 44.5. The molecule has 0 unspecified atom stereocenters. The van der Waals surface area contributed by atoms with E-state index in [0.29, 0.717) is 0 Å². The van der Waals surface area contributed by atoms with Crippen molar-refractivity contribution in [3.05, 3.63) is 130 Å². The highest BCUT2D eigenvalue weighted by atomic mass is 35.5. The number of nitrogens with one attached hydrogen (secondary N) is 1. The maximum atomic E-state index is 15.2. The largest absolute Gasteiger partial charge is 0.352 e. The van der Waals surface area contributed by atoms with Gasteiger partial charge in [-0.2, -0.15) is 0 Å². The van der Waals surface area contributed by atoms with Crippen LogP contribution >= 0.6 is 23.2 Å². The third-order valence-corrected chi connectivity index (χ3v) is 11.1. The van der Waals surface area contributed by atoms with Crippen LogP contribution in [0.1, 0.15) is 48.8 Å². The van der Waals surface area contributed by atoms with E-state index in [0.717, 1.165) is 47.5 Å². The lowest BCUT2D eigenvalue weighted by molar-refractivity contribution is -0.140. The molecule has 2 amide bonds. The number of rotatable bonds is 12. The quantitative estimate of drug-likeness (QED) is 0.163. The zero-order valence-corrected chi connectivity index (χ0v) is 28.9. The third kappa shape index (κ3) is 8.75. The van der Waals surface area contributed by atoms with Gasteiger partial charge in [-0.3, -0.25) is 13.9 Å². The van der Waals surface area contributed by atoms with Crippen molar-refractivity contribution in [1.82, 2.24) is 10.2 Å². The molecule has 0 heterocycles. The SMILES string of the molecule is Cc1ccc(S(=O)(=O)N(CC(=O)N(Cc2ccccc2F)[C@H](Cc2ccccc2)C(=O)NC2CCCCC2)c2ccc(Cl)c(Cl)c2)cc1. The fourth-order valence-electron chi connectivity index (χ4n) is 5.91. The van der Waals surface area contributed by atoms with Gasteiger partial charge in [0.25, 0.3) is 10.0 Å². The molecule has 4 aromatic carbocycles. The summed E-state index contributed by atoms with van der Waals surface area (Å²) >= 11 is 12.5. The number of hydrogen-bond donors (Lipinski definition) is 1. The molecule has 1 saturated carbocycles. The smallest absolute Gasteiger partial charge is 0.264 e. The summed E-state index contributed by atoms with van der Waals surface area (Å²) in [5, 5.41) is 3.46. The lowest BCUT2D eigenvalue weighted by Crippen LogP contribution is -2.55. The highest BCUT2D eigenvalue weighted by Crippen LogP contribution is 2.31. The zero-order chi connectivity index (χ0) is 34.3. The molecule has 1 N–H and O–H groups in total. The minimum Gasteiger partial charge on any atom is -0.352 e. The van der Waals surface area contributed by atoms with Gasteiger partial charge in [0.05, 0.1) is 20.6 Å². The Balaban J connectivity index is 1.58. The Morgan fingerprint density at radius 1 is 0.875 bits per heavy atom. The van der Waals surface area contributed by atoms with Gasteiger partial charge in [-0.25, -0.2) is 12.8 Å². The average molecular weight is 711 g/mol. The molecule has 1 atom stereocenters. The number of aryl methyl sites for hydroxylation is 1. The molecule has 0 aliphatic heterocycles. The number of anilines is 1. The molecule has 4 aromatic rings. The number of hydrogen-bond acceptors (Lipinski definition) is 4. The zero-order valence-electron chi connectivity index (χ0n) is 26.6. The standard InChI is InChI=1S/C37H38Cl2FN3O4S/c1-26-16-19-31(20-17-26)48(46,47)43(30-18-21-32(38)33(39)23-30)25-36(44)42(24-28-12-8-9-15-34(28)40)35(22-27-10-4-2-5-11-27)37(45)41-29-13-6-3-7-14-29/h2,4-5,8-12,15-21,23,29,35H,3,6-7,13-14,22,24-25H2,1H3,(H,41,45)/t35-/m1/s1. The summed E-state index contributed by atoms with van der Waals surface area (Å²) in [7, 11) is -4.33. The first-order valence-corrected chi connectivity index (χ1v) is 18.1. The molecule has 0 saturated heterocycles. The number of benzene rings is 4. The highest BCUT2D eigenvalue weighted by Gasteiger charge is 2.36. The maximum absolute atomic E-state index is 15.2. The number of sulfonamides is 1. The van der Waals surface area contributed by atoms with Gasteiger partial charge in [-0.1, -0.05) is 109 Å². The first-order valence-electron chi connectivity index (χ1n) is 15.9. The summed E-state index contributed by atoms with van der Waals surface area (Å²) in [4.78, 5) is 30.0. The number of halogens is 3. The molecule has 252 valence electrons. The molecular weight excluding hydrogens is 672 g/mol. The maximum Gasteiger partial charge on any atom is 0.264 e. The fraction of sp³-hybridized carbons (Fsp3) is 0.297. The minimum atomic E-state index is -4.33. The molecule has 1 aliphatic carbocycles. The van der Waals surface area contributed by atoms with E-state index < -0.39 is 34.3 Å². The van der Waals surface area contributed by atoms with Crippen molar-refractivity contribution in [2.45, 2.75) is 69.0 Å². The van der Waals surface area contributed by atoms with Gasteiger partial charge in [0.1, 0.15) is 18.4 Å². The van der Waals surface area contributed by atoms with Crippen LogP contribution in [-0.4, -0.2) is 43.8 Å². The van der Waals surface area contributed by atoms with Crippen LogP contribution in [0.5, 0.6) is 0 Å². The Labute approximate surface area is 291 Å². The van der Waals surface area contributed by atoms with Gasteiger partial charge in [-0.15, -0.1) is 0 Å². The molecule has 0 radical (unpaired) electrons. The van der Waals surface area contributed by atoms with Crippen LogP contribution in [0.3, 0.4) is 0 Å². The topological polar surface area (TPSA) is 86.8 Å². The molecule has 0 aromatic heterocycles. The van der Waals surface area contributed by atoms with Gasteiger partial charge in [0.2, 0.25) is 11.8 Å². The average Bonchev–Trinajstić information content (AvgIpc) is 3.08. The molecule has 11 heteroatoms. The fourth-order valence-corrected chi connectivity index (χ4v) is 7.61. The summed E-state index contributed by atoms with van der Waals surface area (Å²) in [6.45, 7) is 0.883. The first kappa shape index (κ1) is 35.4. The van der Waals surface area contributed by atoms with E-state index in [1.165, 1.54) is 41.3 Å². The normalized spacial score (nSPS) is 14.2. The van der Waals surface area contributed by atoms with Crippen LogP contribution in [0.15, 0.2) is 102 Å². The van der Waals surface area contributed by atoms with Crippen LogP contribution in [0.25, 0.3) is 0 Å². The van der Waals surface area contributed by atoms with Crippen LogP contribution in [-0.2, 0) is 32.6 Å². The van der Waals surface area contributed by atoms with E-state index in [2.05, 4.69) is 5.32 Å². The van der Waals surface area contributed by atoms with Crippen molar-refractivity contribution in [1.29, 1.82) is 0 Å². The van der Waals surface area contributed by atoms with E-state index >= 15 is 4.39 Å². The predicted molar refractivity (Wildman–Crippen MR) is 188 cm³/mol. The Hall–Kier alpha value is -3.92. The number of carbonyl (C=O) groups excluding carboxylic acids is 2. The van der Waals surface area contributed by atoms with E-state index in [-0.39, 0.29) is 51.1 Å². The number of carbonyl (C=O) groups is 2. The van der Waals surface area contributed by atoms with Gasteiger partial charge in [-0.05, 0) is 61.7 Å². The van der Waals surface area contributed by atoms with E-state index in [4.69, 9.17) is 23.2 Å². The van der Waals surface area contributed by atoms with Crippen LogP contribution in [0.4, 0.5) is 10.1 Å². The molecule has 1 fully saturated rings. The van der Waals surface area contributed by atoms with Crippen molar-refractivity contribution < 1.29 is 22.4 Å². The number of nitrogens with zero attached hydrogens (tertiary/aromatic N) is 2.